The van der Waals surface area contributed by atoms with Crippen molar-refractivity contribution in [2.24, 2.45) is 0 Å². The number of nitrogens with one attached hydrogen (secondary N) is 1. The van der Waals surface area contributed by atoms with E-state index in [0.29, 0.717) is 18.0 Å². The van der Waals surface area contributed by atoms with Crippen LogP contribution >= 0.6 is 0 Å². The molecule has 1 rings (SSSR count). The number of rotatable bonds is 5. The first-order chi connectivity index (χ1) is 7.98. The van der Waals surface area contributed by atoms with Crippen LogP contribution in [0.1, 0.15) is 26.5 Å². The standard InChI is InChI=1S/C12H20N2O3/c1-12(2,3)17-14-8-9-11(16-5)10(15-4)6-7-13-9/h6-7,14H,8H2,1-5H3. The fraction of sp³-hybridized carbons (Fsp3) is 0.583. The van der Waals surface area contributed by atoms with Crippen molar-refractivity contribution < 1.29 is 14.3 Å². The van der Waals surface area contributed by atoms with Crippen molar-refractivity contribution in [1.82, 2.24) is 10.5 Å². The number of hydroxylamine groups is 1. The van der Waals surface area contributed by atoms with Gasteiger partial charge >= 0.3 is 0 Å². The number of hydrogen-bond donors (Lipinski definition) is 1. The Morgan fingerprint density at radius 1 is 1.24 bits per heavy atom. The van der Waals surface area contributed by atoms with Crippen molar-refractivity contribution in [1.29, 1.82) is 0 Å². The lowest BCUT2D eigenvalue weighted by Gasteiger charge is -2.19. The van der Waals surface area contributed by atoms with Crippen molar-refractivity contribution in [2.45, 2.75) is 32.9 Å². The Morgan fingerprint density at radius 2 is 1.94 bits per heavy atom. The predicted octanol–water partition coefficient (Wildman–Crippen LogP) is 1.92. The fourth-order valence-electron chi connectivity index (χ4n) is 1.30. The predicted molar refractivity (Wildman–Crippen MR) is 65.0 cm³/mol. The smallest absolute Gasteiger partial charge is 0.183 e. The summed E-state index contributed by atoms with van der Waals surface area (Å²) in [6.45, 7) is 6.36. The molecule has 0 saturated heterocycles. The summed E-state index contributed by atoms with van der Waals surface area (Å²) >= 11 is 0. The van der Waals surface area contributed by atoms with Crippen LogP contribution in [-0.2, 0) is 11.4 Å². The van der Waals surface area contributed by atoms with Gasteiger partial charge in [-0.25, -0.2) is 0 Å². The maximum absolute atomic E-state index is 5.42. The van der Waals surface area contributed by atoms with Crippen LogP contribution in [0.15, 0.2) is 12.3 Å². The minimum atomic E-state index is -0.244. The van der Waals surface area contributed by atoms with Crippen LogP contribution in [0.2, 0.25) is 0 Å². The van der Waals surface area contributed by atoms with E-state index in [1.807, 2.05) is 20.8 Å². The monoisotopic (exact) mass is 240 g/mol. The number of methoxy groups -OCH3 is 2. The van der Waals surface area contributed by atoms with E-state index in [2.05, 4.69) is 10.5 Å². The van der Waals surface area contributed by atoms with E-state index >= 15 is 0 Å². The maximum Gasteiger partial charge on any atom is 0.183 e. The average Bonchev–Trinajstić information content (AvgIpc) is 2.27. The summed E-state index contributed by atoms with van der Waals surface area (Å²) in [4.78, 5) is 9.65. The molecule has 0 unspecified atom stereocenters. The quantitative estimate of drug-likeness (QED) is 0.797. The molecule has 0 fully saturated rings. The van der Waals surface area contributed by atoms with Gasteiger partial charge in [0.1, 0.15) is 5.69 Å². The lowest BCUT2D eigenvalue weighted by molar-refractivity contribution is -0.0763. The van der Waals surface area contributed by atoms with E-state index in [1.54, 1.807) is 26.5 Å². The van der Waals surface area contributed by atoms with Gasteiger partial charge < -0.3 is 9.47 Å². The van der Waals surface area contributed by atoms with E-state index in [9.17, 15) is 0 Å². The van der Waals surface area contributed by atoms with E-state index < -0.39 is 0 Å². The van der Waals surface area contributed by atoms with Gasteiger partial charge in [0.25, 0.3) is 0 Å². The first-order valence-corrected chi connectivity index (χ1v) is 5.44. The van der Waals surface area contributed by atoms with Gasteiger partial charge in [0.15, 0.2) is 11.5 Å². The topological polar surface area (TPSA) is 52.6 Å². The number of pyridine rings is 1. The highest BCUT2D eigenvalue weighted by atomic mass is 16.7. The third kappa shape index (κ3) is 4.20. The third-order valence-electron chi connectivity index (χ3n) is 1.98. The molecular weight excluding hydrogens is 220 g/mol. The van der Waals surface area contributed by atoms with Crippen molar-refractivity contribution in [3.8, 4) is 11.5 Å². The Balaban J connectivity index is 2.70. The molecule has 1 aromatic heterocycles. The molecule has 1 N–H and O–H groups in total. The third-order valence-corrected chi connectivity index (χ3v) is 1.98. The molecule has 0 amide bonds. The SMILES string of the molecule is COc1ccnc(CNOC(C)(C)C)c1OC. The first-order valence-electron chi connectivity index (χ1n) is 5.44. The van der Waals surface area contributed by atoms with Crippen LogP contribution in [0.5, 0.6) is 11.5 Å². The van der Waals surface area contributed by atoms with Gasteiger partial charge in [0, 0.05) is 12.3 Å². The minimum Gasteiger partial charge on any atom is -0.493 e. The Hall–Kier alpha value is -1.33. The second-order valence-corrected chi connectivity index (χ2v) is 4.53. The fourth-order valence-corrected chi connectivity index (χ4v) is 1.30. The number of hydrogen-bond acceptors (Lipinski definition) is 5. The molecule has 96 valence electrons. The van der Waals surface area contributed by atoms with Crippen LogP contribution < -0.4 is 15.0 Å². The first kappa shape index (κ1) is 13.7. The van der Waals surface area contributed by atoms with Crippen LogP contribution in [0.3, 0.4) is 0 Å². The summed E-state index contributed by atoms with van der Waals surface area (Å²) < 4.78 is 10.5. The Bertz CT molecular complexity index is 361. The lowest BCUT2D eigenvalue weighted by Crippen LogP contribution is -2.29. The molecule has 0 bridgehead atoms. The number of nitrogens with zero attached hydrogens (tertiary/aromatic N) is 1. The van der Waals surface area contributed by atoms with Gasteiger partial charge in [-0.05, 0) is 20.8 Å². The van der Waals surface area contributed by atoms with Crippen LogP contribution in [0.25, 0.3) is 0 Å². The highest BCUT2D eigenvalue weighted by Gasteiger charge is 2.13. The zero-order valence-electron chi connectivity index (χ0n) is 11.0. The second-order valence-electron chi connectivity index (χ2n) is 4.53. The molecule has 0 atom stereocenters. The van der Waals surface area contributed by atoms with Gasteiger partial charge in [0.2, 0.25) is 0 Å². The molecule has 1 heterocycles. The molecule has 0 aromatic carbocycles. The molecule has 1 aromatic rings. The van der Waals surface area contributed by atoms with Crippen LogP contribution in [0.4, 0.5) is 0 Å². The van der Waals surface area contributed by atoms with Crippen molar-refractivity contribution in [3.63, 3.8) is 0 Å². The molecular formula is C12H20N2O3. The summed E-state index contributed by atoms with van der Waals surface area (Å²) in [5.41, 5.74) is 3.37. The molecule has 5 nitrogen and oxygen atoms in total. The van der Waals surface area contributed by atoms with Gasteiger partial charge in [-0.15, -0.1) is 0 Å². The molecule has 0 aliphatic rings. The molecule has 0 aliphatic heterocycles. The van der Waals surface area contributed by atoms with Gasteiger partial charge in [-0.3, -0.25) is 9.82 Å². The maximum atomic E-state index is 5.42. The molecule has 5 heteroatoms. The Kier molecular flexibility index (Phi) is 4.72. The van der Waals surface area contributed by atoms with Gasteiger partial charge in [-0.1, -0.05) is 0 Å². The van der Waals surface area contributed by atoms with E-state index in [0.717, 1.165) is 5.69 Å². The second kappa shape index (κ2) is 5.84. The van der Waals surface area contributed by atoms with Crippen LogP contribution in [-0.4, -0.2) is 24.8 Å². The summed E-state index contributed by atoms with van der Waals surface area (Å²) in [6.07, 6.45) is 1.68. The zero-order valence-corrected chi connectivity index (χ0v) is 11.0. The average molecular weight is 240 g/mol. The molecule has 0 aliphatic carbocycles. The van der Waals surface area contributed by atoms with E-state index in [4.69, 9.17) is 14.3 Å². The van der Waals surface area contributed by atoms with Gasteiger partial charge in [-0.2, -0.15) is 5.48 Å². The van der Waals surface area contributed by atoms with E-state index in [-0.39, 0.29) is 5.60 Å². The van der Waals surface area contributed by atoms with Crippen molar-refractivity contribution in [2.75, 3.05) is 14.2 Å². The lowest BCUT2D eigenvalue weighted by atomic mass is 10.2. The summed E-state index contributed by atoms with van der Waals surface area (Å²) in [7, 11) is 3.19. The van der Waals surface area contributed by atoms with Crippen LogP contribution in [0, 0.1) is 0 Å². The molecule has 0 radical (unpaired) electrons. The van der Waals surface area contributed by atoms with Crippen molar-refractivity contribution >= 4 is 0 Å². The minimum absolute atomic E-state index is 0.244. The van der Waals surface area contributed by atoms with E-state index in [1.165, 1.54) is 0 Å². The number of aromatic nitrogens is 1. The summed E-state index contributed by atoms with van der Waals surface area (Å²) in [5.74, 6) is 1.29. The van der Waals surface area contributed by atoms with Gasteiger partial charge in [0.05, 0.1) is 26.4 Å². The normalized spacial score (nSPS) is 11.4. The zero-order chi connectivity index (χ0) is 12.9. The highest BCUT2D eigenvalue weighted by Crippen LogP contribution is 2.28. The number of ether oxygens (including phenoxy) is 2. The molecule has 17 heavy (non-hydrogen) atoms. The summed E-state index contributed by atoms with van der Waals surface area (Å²) in [5, 5.41) is 0. The highest BCUT2D eigenvalue weighted by molar-refractivity contribution is 5.42. The Labute approximate surface area is 102 Å². The Morgan fingerprint density at radius 3 is 2.47 bits per heavy atom. The largest absolute Gasteiger partial charge is 0.493 e. The molecule has 0 saturated carbocycles. The molecule has 0 spiro atoms. The summed E-state index contributed by atoms with van der Waals surface area (Å²) in [6, 6.07) is 1.76. The van der Waals surface area contributed by atoms with Crippen molar-refractivity contribution in [3.05, 3.63) is 18.0 Å².